The summed E-state index contributed by atoms with van der Waals surface area (Å²) in [6.07, 6.45) is 2.70. The summed E-state index contributed by atoms with van der Waals surface area (Å²) < 4.78 is -0.889. The zero-order chi connectivity index (χ0) is 12.7. The first-order valence-electron chi connectivity index (χ1n) is 6.08. The average Bonchev–Trinajstić information content (AvgIpc) is 2.30. The summed E-state index contributed by atoms with van der Waals surface area (Å²) in [6, 6.07) is 0.870. The van der Waals surface area contributed by atoms with Gasteiger partial charge in [-0.15, -0.1) is 12.4 Å². The lowest BCUT2D eigenvalue weighted by molar-refractivity contribution is 0.0948. The van der Waals surface area contributed by atoms with E-state index in [4.69, 9.17) is 4.79 Å². The molecule has 108 valence electrons. The van der Waals surface area contributed by atoms with Gasteiger partial charge in [-0.05, 0) is 56.2 Å². The van der Waals surface area contributed by atoms with E-state index in [0.29, 0.717) is 0 Å². The molecule has 0 atom stereocenters. The van der Waals surface area contributed by atoms with Gasteiger partial charge in [0.2, 0.25) is 0 Å². The molecule has 0 aromatic rings. The summed E-state index contributed by atoms with van der Waals surface area (Å²) in [6.45, 7) is 7.50. The van der Waals surface area contributed by atoms with Crippen LogP contribution < -0.4 is 5.32 Å². The van der Waals surface area contributed by atoms with Crippen molar-refractivity contribution in [2.75, 3.05) is 46.3 Å². The van der Waals surface area contributed by atoms with Crippen molar-refractivity contribution in [1.82, 2.24) is 15.1 Å². The normalized spacial score (nSPS) is 22.6. The molecule has 2 aliphatic heterocycles. The molecule has 4 nitrogen and oxygen atoms in total. The molecule has 2 heterocycles. The first-order chi connectivity index (χ1) is 8.09. The quantitative estimate of drug-likeness (QED) is 0.750. The van der Waals surface area contributed by atoms with Crippen molar-refractivity contribution >= 4 is 40.3 Å². The highest BCUT2D eigenvalue weighted by Gasteiger charge is 2.23. The molecule has 2 rings (SSSR count). The van der Waals surface area contributed by atoms with Crippen LogP contribution in [0.5, 0.6) is 0 Å². The van der Waals surface area contributed by atoms with E-state index in [1.165, 1.54) is 52.1 Å². The molecule has 2 saturated heterocycles. The minimum Gasteiger partial charge on any atom is -0.317 e. The summed E-state index contributed by atoms with van der Waals surface area (Å²) >= 11 is 8.80. The SMILES string of the molecule is CN1CCN(C2CCNCC2)CC1.Cl.O=C(Cl)Cl. The Balaban J connectivity index is 0.000000512. The number of likely N-dealkylation sites (N-methyl/N-ethyl adjacent to an activating group) is 1. The molecule has 0 spiro atoms. The van der Waals surface area contributed by atoms with Crippen LogP contribution in [0, 0.1) is 0 Å². The van der Waals surface area contributed by atoms with Gasteiger partial charge in [0.25, 0.3) is 0 Å². The summed E-state index contributed by atoms with van der Waals surface area (Å²) in [4.78, 5) is 14.1. The van der Waals surface area contributed by atoms with E-state index in [1.54, 1.807) is 0 Å². The van der Waals surface area contributed by atoms with Crippen LogP contribution in [-0.2, 0) is 0 Å². The van der Waals surface area contributed by atoms with Gasteiger partial charge in [0.15, 0.2) is 0 Å². The zero-order valence-corrected chi connectivity index (χ0v) is 13.0. The van der Waals surface area contributed by atoms with E-state index < -0.39 is 4.70 Å². The van der Waals surface area contributed by atoms with Gasteiger partial charge in [0, 0.05) is 32.2 Å². The van der Waals surface area contributed by atoms with Crippen LogP contribution >= 0.6 is 35.6 Å². The summed E-state index contributed by atoms with van der Waals surface area (Å²) in [5.41, 5.74) is 0. The monoisotopic (exact) mass is 317 g/mol. The third-order valence-electron chi connectivity index (χ3n) is 3.36. The Morgan fingerprint density at radius 1 is 1.11 bits per heavy atom. The van der Waals surface area contributed by atoms with Crippen molar-refractivity contribution in [2.24, 2.45) is 0 Å². The highest BCUT2D eigenvalue weighted by Crippen LogP contribution is 2.13. The smallest absolute Gasteiger partial charge is 0.313 e. The molecule has 0 amide bonds. The summed E-state index contributed by atoms with van der Waals surface area (Å²) in [5, 5.41) is 3.43. The molecule has 0 aromatic carbocycles. The number of halogens is 3. The number of nitrogens with zero attached hydrogens (tertiary/aromatic N) is 2. The zero-order valence-electron chi connectivity index (χ0n) is 10.7. The predicted octanol–water partition coefficient (Wildman–Crippen LogP) is 1.99. The number of hydrogen-bond acceptors (Lipinski definition) is 4. The van der Waals surface area contributed by atoms with Crippen molar-refractivity contribution in [3.05, 3.63) is 0 Å². The molecule has 2 aliphatic rings. The van der Waals surface area contributed by atoms with Crippen LogP contribution in [0.3, 0.4) is 0 Å². The third-order valence-corrected chi connectivity index (χ3v) is 3.36. The molecular weight excluding hydrogens is 296 g/mol. The van der Waals surface area contributed by atoms with Gasteiger partial charge >= 0.3 is 4.70 Å². The molecule has 18 heavy (non-hydrogen) atoms. The first kappa shape index (κ1) is 18.4. The molecule has 0 aliphatic carbocycles. The minimum absolute atomic E-state index is 0. The lowest BCUT2D eigenvalue weighted by atomic mass is 10.0. The fourth-order valence-corrected chi connectivity index (χ4v) is 2.36. The highest BCUT2D eigenvalue weighted by atomic mass is 35.5. The van der Waals surface area contributed by atoms with Gasteiger partial charge in [0.05, 0.1) is 0 Å². The maximum Gasteiger partial charge on any atom is 0.313 e. The molecule has 0 radical (unpaired) electrons. The maximum atomic E-state index is 8.98. The average molecular weight is 319 g/mol. The Morgan fingerprint density at radius 2 is 1.56 bits per heavy atom. The third kappa shape index (κ3) is 7.77. The van der Waals surface area contributed by atoms with Gasteiger partial charge < -0.3 is 10.2 Å². The van der Waals surface area contributed by atoms with Crippen LogP contribution in [0.25, 0.3) is 0 Å². The molecule has 0 bridgehead atoms. The second-order valence-corrected chi connectivity index (χ2v) is 5.43. The lowest BCUT2D eigenvalue weighted by Crippen LogP contribution is -2.51. The minimum atomic E-state index is -0.889. The second-order valence-electron chi connectivity index (χ2n) is 4.55. The molecule has 0 unspecified atom stereocenters. The van der Waals surface area contributed by atoms with Crippen molar-refractivity contribution < 1.29 is 4.79 Å². The highest BCUT2D eigenvalue weighted by molar-refractivity contribution is 6.93. The van der Waals surface area contributed by atoms with E-state index in [0.717, 1.165) is 6.04 Å². The van der Waals surface area contributed by atoms with Gasteiger partial charge in [-0.2, -0.15) is 0 Å². The standard InChI is InChI=1S/C10H21N3.CCl2O.ClH/c1-12-6-8-13(9-7-12)10-2-4-11-5-3-10;2-1(3)4;/h10-11H,2-9H2,1H3;;1H. The van der Waals surface area contributed by atoms with Crippen molar-refractivity contribution in [2.45, 2.75) is 18.9 Å². The Hall–Kier alpha value is 0.420. The molecular formula is C11H22Cl3N3O. The Morgan fingerprint density at radius 3 is 2.00 bits per heavy atom. The summed E-state index contributed by atoms with van der Waals surface area (Å²) in [7, 11) is 2.22. The largest absolute Gasteiger partial charge is 0.317 e. The van der Waals surface area contributed by atoms with Crippen LogP contribution in [0.4, 0.5) is 4.79 Å². The van der Waals surface area contributed by atoms with Crippen molar-refractivity contribution in [1.29, 1.82) is 0 Å². The van der Waals surface area contributed by atoms with Crippen molar-refractivity contribution in [3.63, 3.8) is 0 Å². The predicted molar refractivity (Wildman–Crippen MR) is 79.3 cm³/mol. The second kappa shape index (κ2) is 10.2. The first-order valence-corrected chi connectivity index (χ1v) is 6.83. The Bertz CT molecular complexity index is 226. The van der Waals surface area contributed by atoms with E-state index in [9.17, 15) is 0 Å². The number of rotatable bonds is 1. The van der Waals surface area contributed by atoms with Gasteiger partial charge in [-0.1, -0.05) is 0 Å². The van der Waals surface area contributed by atoms with Crippen molar-refractivity contribution in [3.8, 4) is 0 Å². The van der Waals surface area contributed by atoms with Crippen LogP contribution in [0.15, 0.2) is 0 Å². The molecule has 7 heteroatoms. The number of piperidine rings is 1. The molecule has 0 aromatic heterocycles. The number of hydrogen-bond donors (Lipinski definition) is 1. The fourth-order valence-electron chi connectivity index (χ4n) is 2.36. The molecule has 2 fully saturated rings. The van der Waals surface area contributed by atoms with Gasteiger partial charge in [-0.25, -0.2) is 0 Å². The number of nitrogens with one attached hydrogen (secondary N) is 1. The number of carbonyl (C=O) groups is 1. The van der Waals surface area contributed by atoms with Gasteiger partial charge in [-0.3, -0.25) is 9.69 Å². The number of piperazine rings is 1. The van der Waals surface area contributed by atoms with Crippen LogP contribution in [0.1, 0.15) is 12.8 Å². The molecule has 0 saturated carbocycles. The van der Waals surface area contributed by atoms with E-state index in [2.05, 4.69) is 45.4 Å². The van der Waals surface area contributed by atoms with E-state index >= 15 is 0 Å². The van der Waals surface area contributed by atoms with Crippen LogP contribution in [0.2, 0.25) is 0 Å². The fraction of sp³-hybridized carbons (Fsp3) is 0.909. The summed E-state index contributed by atoms with van der Waals surface area (Å²) in [5.74, 6) is 0. The topological polar surface area (TPSA) is 35.6 Å². The molecule has 1 N–H and O–H groups in total. The maximum absolute atomic E-state index is 8.98. The Kier molecular flexibility index (Phi) is 10.5. The van der Waals surface area contributed by atoms with E-state index in [-0.39, 0.29) is 12.4 Å². The Labute approximate surface area is 125 Å². The van der Waals surface area contributed by atoms with Crippen LogP contribution in [-0.4, -0.2) is 66.9 Å². The number of carbonyl (C=O) groups excluding carboxylic acids is 1. The van der Waals surface area contributed by atoms with E-state index in [1.807, 2.05) is 0 Å². The van der Waals surface area contributed by atoms with Gasteiger partial charge in [0.1, 0.15) is 0 Å². The lowest BCUT2D eigenvalue weighted by Gasteiger charge is -2.39.